The minimum Gasteiger partial charge on any atom is -0.480 e. The van der Waals surface area contributed by atoms with Crippen molar-refractivity contribution in [2.45, 2.75) is 38.7 Å². The predicted molar refractivity (Wildman–Crippen MR) is 105 cm³/mol. The second-order valence-corrected chi connectivity index (χ2v) is 8.09. The van der Waals surface area contributed by atoms with Crippen molar-refractivity contribution in [3.63, 3.8) is 0 Å². The zero-order chi connectivity index (χ0) is 19.4. The van der Waals surface area contributed by atoms with E-state index in [1.54, 1.807) is 11.3 Å². The molecule has 1 aromatic rings. The Hall–Kier alpha value is -3.01. The second-order valence-electron chi connectivity index (χ2n) is 7.00. The SMILES string of the molecule is CC1(C)OC(=C(C#N)C#N)C(C#N)=C1/C=C/c1ccc(N2CCCCC2)s1. The lowest BCUT2D eigenvalue weighted by atomic mass is 9.94. The first kappa shape index (κ1) is 18.8. The van der Waals surface area contributed by atoms with Gasteiger partial charge in [0.25, 0.3) is 0 Å². The average Bonchev–Trinajstić information content (AvgIpc) is 3.24. The molecule has 1 aromatic heterocycles. The van der Waals surface area contributed by atoms with E-state index in [2.05, 4.69) is 23.1 Å². The van der Waals surface area contributed by atoms with Crippen molar-refractivity contribution >= 4 is 22.4 Å². The first-order chi connectivity index (χ1) is 13.0. The number of hydrogen-bond donors (Lipinski definition) is 0. The van der Waals surface area contributed by atoms with Gasteiger partial charge in [-0.3, -0.25) is 0 Å². The minimum atomic E-state index is -0.775. The predicted octanol–water partition coefficient (Wildman–Crippen LogP) is 4.68. The summed E-state index contributed by atoms with van der Waals surface area (Å²) in [6.45, 7) is 5.87. The number of allylic oxidation sites excluding steroid dienone is 2. The highest BCUT2D eigenvalue weighted by Gasteiger charge is 2.38. The molecule has 3 heterocycles. The summed E-state index contributed by atoms with van der Waals surface area (Å²) in [7, 11) is 0. The van der Waals surface area contributed by atoms with Crippen LogP contribution >= 0.6 is 11.3 Å². The summed E-state index contributed by atoms with van der Waals surface area (Å²) in [5, 5.41) is 29.1. The molecule has 0 unspecified atom stereocenters. The fourth-order valence-corrected chi connectivity index (χ4v) is 4.33. The molecule has 0 aromatic carbocycles. The number of nitrogens with zero attached hydrogens (tertiary/aromatic N) is 4. The molecule has 1 fully saturated rings. The van der Waals surface area contributed by atoms with E-state index in [1.165, 1.54) is 24.3 Å². The fraction of sp³-hybridized carbons (Fsp3) is 0.381. The van der Waals surface area contributed by atoms with Gasteiger partial charge in [-0.05, 0) is 51.3 Å². The van der Waals surface area contributed by atoms with Crippen LogP contribution in [0.15, 0.2) is 40.7 Å². The van der Waals surface area contributed by atoms with E-state index in [-0.39, 0.29) is 16.9 Å². The van der Waals surface area contributed by atoms with Gasteiger partial charge in [0.2, 0.25) is 0 Å². The number of hydrogen-bond acceptors (Lipinski definition) is 6. The molecule has 0 saturated carbocycles. The van der Waals surface area contributed by atoms with Crippen molar-refractivity contribution in [3.8, 4) is 18.2 Å². The number of ether oxygens (including phenoxy) is 1. The van der Waals surface area contributed by atoms with Gasteiger partial charge >= 0.3 is 0 Å². The van der Waals surface area contributed by atoms with E-state index < -0.39 is 5.60 Å². The zero-order valence-corrected chi connectivity index (χ0v) is 16.3. The van der Waals surface area contributed by atoms with Gasteiger partial charge in [0, 0.05) is 23.5 Å². The van der Waals surface area contributed by atoms with Gasteiger partial charge in [-0.1, -0.05) is 6.08 Å². The smallest absolute Gasteiger partial charge is 0.172 e. The molecule has 0 radical (unpaired) electrons. The standard InChI is InChI=1S/C21H20N4OS/c1-21(2)18(17(14-24)20(26-21)15(12-22)13-23)8-6-16-7-9-19(27-16)25-10-4-3-5-11-25/h6-9H,3-5,10-11H2,1-2H3/b8-6+. The Labute approximate surface area is 163 Å². The summed E-state index contributed by atoms with van der Waals surface area (Å²) in [5.74, 6) is 0.0762. The van der Waals surface area contributed by atoms with Crippen LogP contribution in [0.25, 0.3) is 6.08 Å². The molecule has 0 amide bonds. The summed E-state index contributed by atoms with van der Waals surface area (Å²) < 4.78 is 5.78. The third-order valence-electron chi connectivity index (χ3n) is 4.76. The van der Waals surface area contributed by atoms with Gasteiger partial charge in [0.15, 0.2) is 11.3 Å². The third-order valence-corrected chi connectivity index (χ3v) is 5.87. The highest BCUT2D eigenvalue weighted by molar-refractivity contribution is 7.16. The lowest BCUT2D eigenvalue weighted by molar-refractivity contribution is 0.0954. The molecule has 27 heavy (non-hydrogen) atoms. The molecular weight excluding hydrogens is 356 g/mol. The molecule has 0 atom stereocenters. The summed E-state index contributed by atoms with van der Waals surface area (Å²) in [4.78, 5) is 3.51. The van der Waals surface area contributed by atoms with Crippen molar-refractivity contribution in [3.05, 3.63) is 45.6 Å². The van der Waals surface area contributed by atoms with Crippen LogP contribution in [0.3, 0.4) is 0 Å². The molecule has 3 rings (SSSR count). The number of piperidine rings is 1. The van der Waals surface area contributed by atoms with Crippen molar-refractivity contribution in [2.75, 3.05) is 18.0 Å². The Morgan fingerprint density at radius 1 is 1.11 bits per heavy atom. The van der Waals surface area contributed by atoms with Gasteiger partial charge in [0.05, 0.1) is 5.00 Å². The van der Waals surface area contributed by atoms with Crippen LogP contribution in [0, 0.1) is 34.0 Å². The van der Waals surface area contributed by atoms with Crippen LogP contribution < -0.4 is 4.90 Å². The Morgan fingerprint density at radius 2 is 1.81 bits per heavy atom. The van der Waals surface area contributed by atoms with Crippen LogP contribution in [-0.4, -0.2) is 18.7 Å². The molecule has 0 bridgehead atoms. The van der Waals surface area contributed by atoms with Crippen molar-refractivity contribution in [1.29, 1.82) is 15.8 Å². The first-order valence-electron chi connectivity index (χ1n) is 8.91. The molecule has 2 aliphatic rings. The van der Waals surface area contributed by atoms with Gasteiger partial charge in [-0.15, -0.1) is 11.3 Å². The van der Waals surface area contributed by atoms with Crippen LogP contribution in [0.4, 0.5) is 5.00 Å². The lowest BCUT2D eigenvalue weighted by Crippen LogP contribution is -2.28. The van der Waals surface area contributed by atoms with Crippen LogP contribution in [-0.2, 0) is 4.74 Å². The molecule has 1 saturated heterocycles. The number of thiophene rings is 1. The Balaban J connectivity index is 1.91. The quantitative estimate of drug-likeness (QED) is 0.715. The highest BCUT2D eigenvalue weighted by atomic mass is 32.1. The monoisotopic (exact) mass is 376 g/mol. The molecule has 0 spiro atoms. The lowest BCUT2D eigenvalue weighted by Gasteiger charge is -2.27. The summed E-state index contributed by atoms with van der Waals surface area (Å²) >= 11 is 1.72. The maximum atomic E-state index is 9.57. The van der Waals surface area contributed by atoms with Gasteiger partial charge in [0.1, 0.15) is 29.4 Å². The van der Waals surface area contributed by atoms with Gasteiger partial charge < -0.3 is 9.64 Å². The van der Waals surface area contributed by atoms with E-state index in [0.29, 0.717) is 5.57 Å². The molecule has 2 aliphatic heterocycles. The summed E-state index contributed by atoms with van der Waals surface area (Å²) in [6, 6.07) is 9.94. The van der Waals surface area contributed by atoms with Crippen molar-refractivity contribution in [1.82, 2.24) is 0 Å². The molecule has 136 valence electrons. The molecule has 0 N–H and O–H groups in total. The van der Waals surface area contributed by atoms with Gasteiger partial charge in [-0.2, -0.15) is 15.8 Å². The van der Waals surface area contributed by atoms with Crippen LogP contribution in [0.2, 0.25) is 0 Å². The Kier molecular flexibility index (Phi) is 5.36. The van der Waals surface area contributed by atoms with Crippen LogP contribution in [0.1, 0.15) is 38.0 Å². The fourth-order valence-electron chi connectivity index (χ4n) is 3.36. The normalized spacial score (nSPS) is 18.8. The molecule has 6 heteroatoms. The van der Waals surface area contributed by atoms with E-state index in [9.17, 15) is 5.26 Å². The van der Waals surface area contributed by atoms with Crippen molar-refractivity contribution < 1.29 is 4.74 Å². The van der Waals surface area contributed by atoms with E-state index in [4.69, 9.17) is 15.3 Å². The third kappa shape index (κ3) is 3.75. The number of anilines is 1. The molecule has 0 aliphatic carbocycles. The van der Waals surface area contributed by atoms with E-state index >= 15 is 0 Å². The topological polar surface area (TPSA) is 83.8 Å². The minimum absolute atomic E-state index is 0.0762. The zero-order valence-electron chi connectivity index (χ0n) is 15.5. The number of nitriles is 3. The van der Waals surface area contributed by atoms with E-state index in [1.807, 2.05) is 38.1 Å². The van der Waals surface area contributed by atoms with Crippen LogP contribution in [0.5, 0.6) is 0 Å². The average molecular weight is 376 g/mol. The summed E-state index contributed by atoms with van der Waals surface area (Å²) in [6.07, 6.45) is 7.61. The first-order valence-corrected chi connectivity index (χ1v) is 9.73. The Bertz CT molecular complexity index is 938. The Morgan fingerprint density at radius 3 is 2.44 bits per heavy atom. The molecule has 5 nitrogen and oxygen atoms in total. The molecular formula is C21H20N4OS. The summed E-state index contributed by atoms with van der Waals surface area (Å²) in [5.41, 5.74) is -0.0207. The van der Waals surface area contributed by atoms with Gasteiger partial charge in [-0.25, -0.2) is 0 Å². The maximum Gasteiger partial charge on any atom is 0.172 e. The maximum absolute atomic E-state index is 9.57. The largest absolute Gasteiger partial charge is 0.480 e. The van der Waals surface area contributed by atoms with Crippen molar-refractivity contribution in [2.24, 2.45) is 0 Å². The highest BCUT2D eigenvalue weighted by Crippen LogP contribution is 2.40. The van der Waals surface area contributed by atoms with E-state index in [0.717, 1.165) is 18.0 Å². The second kappa shape index (κ2) is 7.70. The number of rotatable bonds is 3.